The molecule has 110 valence electrons. The minimum atomic E-state index is 0.00157. The highest BCUT2D eigenvalue weighted by atomic mass is 16.5. The van der Waals surface area contributed by atoms with E-state index in [1.807, 2.05) is 7.05 Å². The van der Waals surface area contributed by atoms with Gasteiger partial charge in [0, 0.05) is 32.3 Å². The molecule has 1 saturated heterocycles. The van der Waals surface area contributed by atoms with E-state index in [4.69, 9.17) is 9.47 Å². The molecule has 0 bridgehead atoms. The molecular formula is C15H22N2O3. The summed E-state index contributed by atoms with van der Waals surface area (Å²) in [4.78, 5) is 18.1. The molecule has 0 aromatic carbocycles. The van der Waals surface area contributed by atoms with Gasteiger partial charge in [0.05, 0.1) is 18.8 Å². The largest absolute Gasteiger partial charge is 0.472 e. The Morgan fingerprint density at radius 1 is 1.55 bits per heavy atom. The van der Waals surface area contributed by atoms with Crippen LogP contribution in [0.2, 0.25) is 0 Å². The fourth-order valence-corrected chi connectivity index (χ4v) is 2.07. The van der Waals surface area contributed by atoms with Crippen LogP contribution in [0.25, 0.3) is 0 Å². The smallest absolute Gasteiger partial charge is 0.255 e. The number of hydrogen-bond acceptors (Lipinski definition) is 4. The van der Waals surface area contributed by atoms with Gasteiger partial charge in [-0.15, -0.1) is 0 Å². The van der Waals surface area contributed by atoms with Gasteiger partial charge in [-0.2, -0.15) is 0 Å². The maximum Gasteiger partial charge on any atom is 0.255 e. The standard InChI is InChI=1S/C15H22N2O3/c1-3-4-8-17(2)15(18)12-5-6-14(16-10-12)20-13-7-9-19-11-13/h5-6,10,13H,3-4,7-9,11H2,1-2H3. The Kier molecular flexibility index (Phi) is 5.35. The van der Waals surface area contributed by atoms with Crippen LogP contribution in [0.4, 0.5) is 0 Å². The van der Waals surface area contributed by atoms with E-state index in [0.717, 1.165) is 32.4 Å². The quantitative estimate of drug-likeness (QED) is 0.800. The first-order valence-electron chi connectivity index (χ1n) is 7.16. The fourth-order valence-electron chi connectivity index (χ4n) is 2.07. The van der Waals surface area contributed by atoms with Gasteiger partial charge in [-0.05, 0) is 12.5 Å². The van der Waals surface area contributed by atoms with Crippen LogP contribution in [-0.2, 0) is 4.74 Å². The van der Waals surface area contributed by atoms with Gasteiger partial charge in [0.15, 0.2) is 0 Å². The lowest BCUT2D eigenvalue weighted by Gasteiger charge is -2.17. The topological polar surface area (TPSA) is 51.7 Å². The maximum atomic E-state index is 12.1. The summed E-state index contributed by atoms with van der Waals surface area (Å²) in [5.41, 5.74) is 0.596. The van der Waals surface area contributed by atoms with Gasteiger partial charge in [0.2, 0.25) is 5.88 Å². The predicted molar refractivity (Wildman–Crippen MR) is 76.0 cm³/mol. The molecule has 0 aliphatic carbocycles. The monoisotopic (exact) mass is 278 g/mol. The first-order valence-corrected chi connectivity index (χ1v) is 7.16. The molecule has 1 aromatic rings. The zero-order chi connectivity index (χ0) is 14.4. The van der Waals surface area contributed by atoms with E-state index in [0.29, 0.717) is 18.1 Å². The summed E-state index contributed by atoms with van der Waals surface area (Å²) in [5.74, 6) is 0.551. The minimum Gasteiger partial charge on any atom is -0.472 e. The Hall–Kier alpha value is -1.62. The fraction of sp³-hybridized carbons (Fsp3) is 0.600. The van der Waals surface area contributed by atoms with Crippen LogP contribution >= 0.6 is 0 Å². The van der Waals surface area contributed by atoms with Crippen LogP contribution in [-0.4, -0.2) is 48.7 Å². The van der Waals surface area contributed by atoms with E-state index in [1.54, 1.807) is 23.2 Å². The summed E-state index contributed by atoms with van der Waals surface area (Å²) in [6.07, 6.45) is 4.64. The Bertz CT molecular complexity index is 427. The minimum absolute atomic E-state index is 0.00157. The van der Waals surface area contributed by atoms with Crippen LogP contribution in [0.1, 0.15) is 36.5 Å². The Balaban J connectivity index is 1.91. The van der Waals surface area contributed by atoms with E-state index >= 15 is 0 Å². The van der Waals surface area contributed by atoms with Crippen molar-refractivity contribution < 1.29 is 14.3 Å². The zero-order valence-electron chi connectivity index (χ0n) is 12.2. The summed E-state index contributed by atoms with van der Waals surface area (Å²) in [6.45, 7) is 4.23. The number of amides is 1. The van der Waals surface area contributed by atoms with Crippen molar-refractivity contribution in [2.45, 2.75) is 32.3 Å². The Morgan fingerprint density at radius 2 is 2.40 bits per heavy atom. The molecule has 5 heteroatoms. The van der Waals surface area contributed by atoms with E-state index < -0.39 is 0 Å². The molecule has 1 fully saturated rings. The number of hydrogen-bond donors (Lipinski definition) is 0. The summed E-state index contributed by atoms with van der Waals surface area (Å²) in [5, 5.41) is 0. The molecule has 1 aliphatic rings. The average molecular weight is 278 g/mol. The van der Waals surface area contributed by atoms with E-state index in [9.17, 15) is 4.79 Å². The number of ether oxygens (including phenoxy) is 2. The lowest BCUT2D eigenvalue weighted by atomic mass is 10.2. The number of nitrogens with zero attached hydrogens (tertiary/aromatic N) is 2. The second-order valence-electron chi connectivity index (χ2n) is 5.07. The normalized spacial score (nSPS) is 18.0. The highest BCUT2D eigenvalue weighted by Gasteiger charge is 2.18. The van der Waals surface area contributed by atoms with Gasteiger partial charge in [-0.1, -0.05) is 13.3 Å². The molecule has 1 aliphatic heterocycles. The van der Waals surface area contributed by atoms with Crippen LogP contribution in [0.3, 0.4) is 0 Å². The van der Waals surface area contributed by atoms with Gasteiger partial charge < -0.3 is 14.4 Å². The van der Waals surface area contributed by atoms with Crippen LogP contribution in [0, 0.1) is 0 Å². The second kappa shape index (κ2) is 7.24. The highest BCUT2D eigenvalue weighted by Crippen LogP contribution is 2.15. The molecule has 1 amide bonds. The van der Waals surface area contributed by atoms with Crippen molar-refractivity contribution >= 4 is 5.91 Å². The van der Waals surface area contributed by atoms with Crippen molar-refractivity contribution in [1.82, 2.24) is 9.88 Å². The third-order valence-electron chi connectivity index (χ3n) is 3.35. The summed E-state index contributed by atoms with van der Waals surface area (Å²) < 4.78 is 10.9. The average Bonchev–Trinajstić information content (AvgIpc) is 2.97. The van der Waals surface area contributed by atoms with Crippen molar-refractivity contribution in [3.63, 3.8) is 0 Å². The number of rotatable bonds is 6. The molecule has 0 spiro atoms. The van der Waals surface area contributed by atoms with E-state index in [1.165, 1.54) is 0 Å². The molecule has 2 heterocycles. The van der Waals surface area contributed by atoms with Gasteiger partial charge in [0.1, 0.15) is 6.10 Å². The number of aromatic nitrogens is 1. The lowest BCUT2D eigenvalue weighted by molar-refractivity contribution is 0.0792. The number of carbonyl (C=O) groups is 1. The molecule has 1 atom stereocenters. The van der Waals surface area contributed by atoms with Gasteiger partial charge in [-0.25, -0.2) is 4.98 Å². The second-order valence-corrected chi connectivity index (χ2v) is 5.07. The highest BCUT2D eigenvalue weighted by molar-refractivity contribution is 5.93. The van der Waals surface area contributed by atoms with Gasteiger partial charge in [-0.3, -0.25) is 4.79 Å². The summed E-state index contributed by atoms with van der Waals surface area (Å²) in [7, 11) is 1.82. The molecule has 5 nitrogen and oxygen atoms in total. The third-order valence-corrected chi connectivity index (χ3v) is 3.35. The molecular weight excluding hydrogens is 256 g/mol. The summed E-state index contributed by atoms with van der Waals surface area (Å²) >= 11 is 0. The number of carbonyl (C=O) groups excluding carboxylic acids is 1. The Labute approximate surface area is 119 Å². The molecule has 2 rings (SSSR count). The number of pyridine rings is 1. The molecule has 0 saturated carbocycles. The first-order chi connectivity index (χ1) is 9.70. The first kappa shape index (κ1) is 14.8. The van der Waals surface area contributed by atoms with Crippen molar-refractivity contribution in [2.24, 2.45) is 0 Å². The van der Waals surface area contributed by atoms with Gasteiger partial charge >= 0.3 is 0 Å². The van der Waals surface area contributed by atoms with Crippen molar-refractivity contribution in [3.05, 3.63) is 23.9 Å². The molecule has 0 N–H and O–H groups in total. The summed E-state index contributed by atoms with van der Waals surface area (Å²) in [6, 6.07) is 3.52. The van der Waals surface area contributed by atoms with Gasteiger partial charge in [0.25, 0.3) is 5.91 Å². The zero-order valence-corrected chi connectivity index (χ0v) is 12.2. The molecule has 20 heavy (non-hydrogen) atoms. The van der Waals surface area contributed by atoms with Crippen molar-refractivity contribution in [2.75, 3.05) is 26.8 Å². The SMILES string of the molecule is CCCCN(C)C(=O)c1ccc(OC2CCOC2)nc1. The van der Waals surface area contributed by atoms with E-state index in [-0.39, 0.29) is 12.0 Å². The predicted octanol–water partition coefficient (Wildman–Crippen LogP) is 2.12. The maximum absolute atomic E-state index is 12.1. The van der Waals surface area contributed by atoms with Crippen LogP contribution in [0.15, 0.2) is 18.3 Å². The molecule has 1 unspecified atom stereocenters. The van der Waals surface area contributed by atoms with E-state index in [2.05, 4.69) is 11.9 Å². The van der Waals surface area contributed by atoms with Crippen molar-refractivity contribution in [1.29, 1.82) is 0 Å². The number of unbranched alkanes of at least 4 members (excludes halogenated alkanes) is 1. The van der Waals surface area contributed by atoms with Crippen LogP contribution < -0.4 is 4.74 Å². The Morgan fingerprint density at radius 3 is 3.00 bits per heavy atom. The third kappa shape index (κ3) is 3.93. The molecule has 1 aromatic heterocycles. The van der Waals surface area contributed by atoms with Crippen molar-refractivity contribution in [3.8, 4) is 5.88 Å². The molecule has 0 radical (unpaired) electrons. The van der Waals surface area contributed by atoms with Crippen LogP contribution in [0.5, 0.6) is 5.88 Å². The lowest BCUT2D eigenvalue weighted by Crippen LogP contribution is -2.27.